The van der Waals surface area contributed by atoms with Gasteiger partial charge in [-0.1, -0.05) is 26.0 Å². The van der Waals surface area contributed by atoms with Crippen LogP contribution in [0.4, 0.5) is 4.39 Å². The highest BCUT2D eigenvalue weighted by Crippen LogP contribution is 2.18. The number of aliphatic hydroxyl groups is 1. The van der Waals surface area contributed by atoms with E-state index < -0.39 is 6.10 Å². The van der Waals surface area contributed by atoms with Crippen molar-refractivity contribution in [2.24, 2.45) is 17.6 Å². The molecule has 16 heavy (non-hydrogen) atoms. The average molecular weight is 225 g/mol. The van der Waals surface area contributed by atoms with E-state index in [0.717, 1.165) is 5.56 Å². The van der Waals surface area contributed by atoms with Crippen LogP contribution in [0.2, 0.25) is 0 Å². The molecule has 0 radical (unpaired) electrons. The van der Waals surface area contributed by atoms with Gasteiger partial charge in [0.2, 0.25) is 0 Å². The Morgan fingerprint density at radius 1 is 1.25 bits per heavy atom. The van der Waals surface area contributed by atoms with E-state index in [1.54, 1.807) is 12.1 Å². The summed E-state index contributed by atoms with van der Waals surface area (Å²) >= 11 is 0. The number of halogens is 1. The minimum absolute atomic E-state index is 0.0880. The van der Waals surface area contributed by atoms with Crippen LogP contribution in [-0.2, 0) is 6.42 Å². The van der Waals surface area contributed by atoms with E-state index in [1.165, 1.54) is 12.1 Å². The van der Waals surface area contributed by atoms with Gasteiger partial charge in [0.05, 0.1) is 6.10 Å². The zero-order valence-electron chi connectivity index (χ0n) is 9.86. The molecule has 0 amide bonds. The van der Waals surface area contributed by atoms with Crippen molar-refractivity contribution in [2.45, 2.75) is 26.4 Å². The normalized spacial score (nSPS) is 15.1. The first-order chi connectivity index (χ1) is 7.54. The van der Waals surface area contributed by atoms with Crippen molar-refractivity contribution in [3.05, 3.63) is 35.6 Å². The van der Waals surface area contributed by atoms with Gasteiger partial charge in [-0.05, 0) is 42.5 Å². The summed E-state index contributed by atoms with van der Waals surface area (Å²) in [5.74, 6) is 0.183. The predicted octanol–water partition coefficient (Wildman–Crippen LogP) is 1.96. The Morgan fingerprint density at radius 2 is 1.81 bits per heavy atom. The van der Waals surface area contributed by atoms with Crippen LogP contribution in [0.5, 0.6) is 0 Å². The van der Waals surface area contributed by atoms with Crippen molar-refractivity contribution < 1.29 is 9.50 Å². The second kappa shape index (κ2) is 5.97. The highest BCUT2D eigenvalue weighted by molar-refractivity contribution is 5.17. The summed E-state index contributed by atoms with van der Waals surface area (Å²) in [6.45, 7) is 4.57. The second-order valence-corrected chi connectivity index (χ2v) is 4.54. The molecule has 0 fully saturated rings. The standard InChI is InChI=1S/C13H20FNO/c1-9(2)12(8-15)13(16)7-10-3-5-11(14)6-4-10/h3-6,9,12-13,16H,7-8,15H2,1-2H3. The van der Waals surface area contributed by atoms with Crippen LogP contribution in [0, 0.1) is 17.7 Å². The van der Waals surface area contributed by atoms with Gasteiger partial charge >= 0.3 is 0 Å². The number of hydrogen-bond acceptors (Lipinski definition) is 2. The van der Waals surface area contributed by atoms with E-state index in [4.69, 9.17) is 5.73 Å². The van der Waals surface area contributed by atoms with Crippen molar-refractivity contribution in [2.75, 3.05) is 6.54 Å². The largest absolute Gasteiger partial charge is 0.392 e. The zero-order valence-corrected chi connectivity index (χ0v) is 9.86. The molecule has 0 bridgehead atoms. The smallest absolute Gasteiger partial charge is 0.123 e. The summed E-state index contributed by atoms with van der Waals surface area (Å²) < 4.78 is 12.7. The highest BCUT2D eigenvalue weighted by Gasteiger charge is 2.21. The average Bonchev–Trinajstić information content (AvgIpc) is 2.22. The molecule has 90 valence electrons. The SMILES string of the molecule is CC(C)C(CN)C(O)Cc1ccc(F)cc1. The molecule has 0 saturated carbocycles. The van der Waals surface area contributed by atoms with Gasteiger partial charge in [0.15, 0.2) is 0 Å². The molecule has 2 unspecified atom stereocenters. The quantitative estimate of drug-likeness (QED) is 0.804. The predicted molar refractivity (Wildman–Crippen MR) is 63.5 cm³/mol. The molecule has 0 aromatic heterocycles. The number of hydrogen-bond donors (Lipinski definition) is 2. The van der Waals surface area contributed by atoms with Crippen molar-refractivity contribution in [3.63, 3.8) is 0 Å². The molecule has 3 heteroatoms. The topological polar surface area (TPSA) is 46.2 Å². The summed E-state index contributed by atoms with van der Waals surface area (Å²) in [5, 5.41) is 10.0. The Labute approximate surface area is 96.3 Å². The molecule has 0 saturated heterocycles. The molecule has 1 rings (SSSR count). The van der Waals surface area contributed by atoms with E-state index in [0.29, 0.717) is 18.9 Å². The van der Waals surface area contributed by atoms with Crippen LogP contribution < -0.4 is 5.73 Å². The fraction of sp³-hybridized carbons (Fsp3) is 0.538. The highest BCUT2D eigenvalue weighted by atomic mass is 19.1. The summed E-state index contributed by atoms with van der Waals surface area (Å²) in [5.41, 5.74) is 6.57. The van der Waals surface area contributed by atoms with Gasteiger partial charge in [-0.2, -0.15) is 0 Å². The molecule has 2 nitrogen and oxygen atoms in total. The lowest BCUT2D eigenvalue weighted by Gasteiger charge is -2.24. The van der Waals surface area contributed by atoms with Crippen molar-refractivity contribution >= 4 is 0 Å². The lowest BCUT2D eigenvalue weighted by Crippen LogP contribution is -2.33. The van der Waals surface area contributed by atoms with Gasteiger partial charge in [-0.15, -0.1) is 0 Å². The van der Waals surface area contributed by atoms with Gasteiger partial charge in [-0.25, -0.2) is 4.39 Å². The van der Waals surface area contributed by atoms with E-state index in [2.05, 4.69) is 0 Å². The summed E-state index contributed by atoms with van der Waals surface area (Å²) in [4.78, 5) is 0. The van der Waals surface area contributed by atoms with Crippen molar-refractivity contribution in [3.8, 4) is 0 Å². The van der Waals surface area contributed by atoms with Crippen molar-refractivity contribution in [1.82, 2.24) is 0 Å². The minimum Gasteiger partial charge on any atom is -0.392 e. The van der Waals surface area contributed by atoms with E-state index in [9.17, 15) is 9.50 Å². The first kappa shape index (κ1) is 13.1. The zero-order chi connectivity index (χ0) is 12.1. The minimum atomic E-state index is -0.463. The fourth-order valence-electron chi connectivity index (χ4n) is 1.89. The third-order valence-electron chi connectivity index (χ3n) is 2.98. The Bertz CT molecular complexity index is 310. The van der Waals surface area contributed by atoms with E-state index in [1.807, 2.05) is 13.8 Å². The monoisotopic (exact) mass is 225 g/mol. The number of aliphatic hydroxyl groups excluding tert-OH is 1. The van der Waals surface area contributed by atoms with Gasteiger partial charge in [0, 0.05) is 0 Å². The third-order valence-corrected chi connectivity index (χ3v) is 2.98. The summed E-state index contributed by atoms with van der Waals surface area (Å²) in [6.07, 6.45) is 0.0656. The maximum atomic E-state index is 12.7. The Hall–Kier alpha value is -0.930. The number of benzene rings is 1. The number of rotatable bonds is 5. The van der Waals surface area contributed by atoms with Crippen molar-refractivity contribution in [1.29, 1.82) is 0 Å². The van der Waals surface area contributed by atoms with Gasteiger partial charge < -0.3 is 10.8 Å². The molecule has 0 aliphatic heterocycles. The van der Waals surface area contributed by atoms with Gasteiger partial charge in [0.25, 0.3) is 0 Å². The Kier molecular flexibility index (Phi) is 4.90. The molecule has 3 N–H and O–H groups in total. The lowest BCUT2D eigenvalue weighted by atomic mass is 9.87. The molecule has 0 aliphatic rings. The summed E-state index contributed by atoms with van der Waals surface area (Å²) in [6, 6.07) is 6.22. The molecular formula is C13H20FNO. The first-order valence-electron chi connectivity index (χ1n) is 5.67. The Morgan fingerprint density at radius 3 is 2.25 bits per heavy atom. The maximum Gasteiger partial charge on any atom is 0.123 e. The molecule has 0 heterocycles. The third kappa shape index (κ3) is 3.58. The van der Waals surface area contributed by atoms with Crippen LogP contribution in [0.1, 0.15) is 19.4 Å². The van der Waals surface area contributed by atoms with E-state index >= 15 is 0 Å². The fourth-order valence-corrected chi connectivity index (χ4v) is 1.89. The van der Waals surface area contributed by atoms with Crippen LogP contribution >= 0.6 is 0 Å². The Balaban J connectivity index is 2.62. The molecular weight excluding hydrogens is 205 g/mol. The van der Waals surface area contributed by atoms with Gasteiger partial charge in [-0.3, -0.25) is 0 Å². The molecule has 0 spiro atoms. The van der Waals surface area contributed by atoms with Crippen LogP contribution in [0.15, 0.2) is 24.3 Å². The molecule has 1 aromatic rings. The van der Waals surface area contributed by atoms with Crippen LogP contribution in [0.25, 0.3) is 0 Å². The number of nitrogens with two attached hydrogens (primary N) is 1. The maximum absolute atomic E-state index is 12.7. The summed E-state index contributed by atoms with van der Waals surface area (Å²) in [7, 11) is 0. The molecule has 0 aliphatic carbocycles. The van der Waals surface area contributed by atoms with Crippen LogP contribution in [-0.4, -0.2) is 17.8 Å². The molecule has 1 aromatic carbocycles. The lowest BCUT2D eigenvalue weighted by molar-refractivity contribution is 0.0863. The van der Waals surface area contributed by atoms with Crippen LogP contribution in [0.3, 0.4) is 0 Å². The first-order valence-corrected chi connectivity index (χ1v) is 5.67. The van der Waals surface area contributed by atoms with Gasteiger partial charge in [0.1, 0.15) is 5.82 Å². The van der Waals surface area contributed by atoms with E-state index in [-0.39, 0.29) is 11.7 Å². The second-order valence-electron chi connectivity index (χ2n) is 4.54. The molecule has 2 atom stereocenters.